The van der Waals surface area contributed by atoms with E-state index in [4.69, 9.17) is 10.2 Å². The number of para-hydroxylation sites is 1. The Morgan fingerprint density at radius 3 is 2.40 bits per heavy atom. The molecule has 80 valence electrons. The molecule has 0 aliphatic heterocycles. The average molecular weight is 211 g/mol. The molecule has 6 nitrogen and oxygen atoms in total. The number of carbonyl (C=O) groups is 2. The summed E-state index contributed by atoms with van der Waals surface area (Å²) in [5.41, 5.74) is -0.0993. The topological polar surface area (TPSA) is 107 Å². The van der Waals surface area contributed by atoms with Crippen molar-refractivity contribution in [2.24, 2.45) is 0 Å². The third-order valence-corrected chi connectivity index (χ3v) is 1.65. The lowest BCUT2D eigenvalue weighted by Crippen LogP contribution is -2.40. The highest BCUT2D eigenvalue weighted by molar-refractivity contribution is 5.98. The second kappa shape index (κ2) is 4.43. The molecular formula is C9H9NO5. The number of benzene rings is 1. The molecule has 0 aromatic heterocycles. The standard InChI is InChI=1S/C9H9NO5/c11-6-4-2-1-3-5(6)7(12)10-8(13)9(14)15/h1-4,8,11,13H,(H,10,12)(H,14,15)/t8-/m0/s1. The molecule has 6 heteroatoms. The van der Waals surface area contributed by atoms with E-state index in [0.717, 1.165) is 0 Å². The maximum absolute atomic E-state index is 11.3. The highest BCUT2D eigenvalue weighted by atomic mass is 16.4. The predicted molar refractivity (Wildman–Crippen MR) is 49.2 cm³/mol. The van der Waals surface area contributed by atoms with Gasteiger partial charge in [0.2, 0.25) is 6.23 Å². The fraction of sp³-hybridized carbons (Fsp3) is 0.111. The molecule has 1 atom stereocenters. The lowest BCUT2D eigenvalue weighted by molar-refractivity contribution is -0.147. The van der Waals surface area contributed by atoms with E-state index in [9.17, 15) is 14.7 Å². The zero-order chi connectivity index (χ0) is 11.4. The number of aromatic hydroxyl groups is 1. The van der Waals surface area contributed by atoms with Gasteiger partial charge in [0.1, 0.15) is 5.75 Å². The minimum absolute atomic E-state index is 0.0993. The van der Waals surface area contributed by atoms with Crippen LogP contribution >= 0.6 is 0 Å². The van der Waals surface area contributed by atoms with E-state index >= 15 is 0 Å². The van der Waals surface area contributed by atoms with Crippen molar-refractivity contribution in [2.75, 3.05) is 0 Å². The number of hydrogen-bond donors (Lipinski definition) is 4. The lowest BCUT2D eigenvalue weighted by atomic mass is 10.2. The Bertz CT molecular complexity index is 390. The van der Waals surface area contributed by atoms with E-state index in [0.29, 0.717) is 0 Å². The minimum Gasteiger partial charge on any atom is -0.507 e. The Kier molecular flexibility index (Phi) is 3.25. The normalized spacial score (nSPS) is 11.8. The molecule has 0 aliphatic rings. The largest absolute Gasteiger partial charge is 0.507 e. The van der Waals surface area contributed by atoms with Crippen LogP contribution in [0, 0.1) is 0 Å². The molecule has 0 saturated carbocycles. The number of amides is 1. The zero-order valence-corrected chi connectivity index (χ0v) is 7.54. The quantitative estimate of drug-likeness (QED) is 0.505. The average Bonchev–Trinajstić information content (AvgIpc) is 2.18. The number of hydrogen-bond acceptors (Lipinski definition) is 4. The summed E-state index contributed by atoms with van der Waals surface area (Å²) < 4.78 is 0. The van der Waals surface area contributed by atoms with E-state index < -0.39 is 18.1 Å². The summed E-state index contributed by atoms with van der Waals surface area (Å²) in [6.07, 6.45) is -1.99. The van der Waals surface area contributed by atoms with Gasteiger partial charge in [-0.15, -0.1) is 0 Å². The Morgan fingerprint density at radius 1 is 1.27 bits per heavy atom. The molecule has 0 fully saturated rings. The molecule has 4 N–H and O–H groups in total. The number of carbonyl (C=O) groups excluding carboxylic acids is 1. The molecular weight excluding hydrogens is 202 g/mol. The van der Waals surface area contributed by atoms with Crippen LogP contribution in [0.4, 0.5) is 0 Å². The van der Waals surface area contributed by atoms with Gasteiger partial charge in [-0.1, -0.05) is 12.1 Å². The van der Waals surface area contributed by atoms with Crippen LogP contribution in [0.3, 0.4) is 0 Å². The first-order chi connectivity index (χ1) is 7.02. The summed E-state index contributed by atoms with van der Waals surface area (Å²) in [6.45, 7) is 0. The van der Waals surface area contributed by atoms with Crippen LogP contribution in [0.5, 0.6) is 5.75 Å². The number of rotatable bonds is 3. The van der Waals surface area contributed by atoms with Crippen molar-refractivity contribution >= 4 is 11.9 Å². The van der Waals surface area contributed by atoms with E-state index in [-0.39, 0.29) is 11.3 Å². The van der Waals surface area contributed by atoms with Gasteiger partial charge in [0.05, 0.1) is 5.56 Å². The first-order valence-corrected chi connectivity index (χ1v) is 4.02. The summed E-state index contributed by atoms with van der Waals surface area (Å²) in [7, 11) is 0. The van der Waals surface area contributed by atoms with Gasteiger partial charge in [0.25, 0.3) is 5.91 Å². The maximum atomic E-state index is 11.3. The molecule has 0 unspecified atom stereocenters. The SMILES string of the molecule is O=C(N[C@@H](O)C(=O)O)c1ccccc1O. The van der Waals surface area contributed by atoms with E-state index in [2.05, 4.69) is 0 Å². The molecule has 0 heterocycles. The minimum atomic E-state index is -1.99. The van der Waals surface area contributed by atoms with E-state index in [1.54, 1.807) is 5.32 Å². The number of phenolic OH excluding ortho intramolecular Hbond substituents is 1. The lowest BCUT2D eigenvalue weighted by Gasteiger charge is -2.08. The Balaban J connectivity index is 2.78. The Hall–Kier alpha value is -2.08. The second-order valence-electron chi connectivity index (χ2n) is 2.73. The van der Waals surface area contributed by atoms with Gasteiger partial charge in [-0.3, -0.25) is 4.79 Å². The number of aliphatic carboxylic acids is 1. The van der Waals surface area contributed by atoms with Crippen molar-refractivity contribution in [3.05, 3.63) is 29.8 Å². The molecule has 0 saturated heterocycles. The van der Waals surface area contributed by atoms with Crippen LogP contribution in [0.2, 0.25) is 0 Å². The highest BCUT2D eigenvalue weighted by Gasteiger charge is 2.18. The molecule has 0 aliphatic carbocycles. The molecule has 0 spiro atoms. The van der Waals surface area contributed by atoms with Crippen molar-refractivity contribution in [2.45, 2.75) is 6.23 Å². The first kappa shape index (κ1) is 11.0. The summed E-state index contributed by atoms with van der Waals surface area (Å²) in [5.74, 6) is -2.71. The van der Waals surface area contributed by atoms with Crippen molar-refractivity contribution < 1.29 is 24.9 Å². The molecule has 15 heavy (non-hydrogen) atoms. The van der Waals surface area contributed by atoms with Crippen LogP contribution in [0.25, 0.3) is 0 Å². The number of aliphatic hydroxyl groups excluding tert-OH is 1. The predicted octanol–water partition coefficient (Wildman–Crippen LogP) is -0.475. The van der Waals surface area contributed by atoms with Gasteiger partial charge in [-0.25, -0.2) is 4.79 Å². The summed E-state index contributed by atoms with van der Waals surface area (Å²) in [5, 5.41) is 28.2. The van der Waals surface area contributed by atoms with Gasteiger partial charge in [0, 0.05) is 0 Å². The van der Waals surface area contributed by atoms with Crippen LogP contribution in [-0.2, 0) is 4.79 Å². The van der Waals surface area contributed by atoms with Crippen molar-refractivity contribution in [1.29, 1.82) is 0 Å². The van der Waals surface area contributed by atoms with Crippen LogP contribution < -0.4 is 5.32 Å². The highest BCUT2D eigenvalue weighted by Crippen LogP contribution is 2.14. The van der Waals surface area contributed by atoms with Gasteiger partial charge in [0.15, 0.2) is 0 Å². The number of aliphatic hydroxyl groups is 1. The Morgan fingerprint density at radius 2 is 1.87 bits per heavy atom. The smallest absolute Gasteiger partial charge is 0.353 e. The summed E-state index contributed by atoms with van der Waals surface area (Å²) in [4.78, 5) is 21.5. The van der Waals surface area contributed by atoms with Crippen molar-refractivity contribution in [3.8, 4) is 5.75 Å². The van der Waals surface area contributed by atoms with Gasteiger partial charge < -0.3 is 20.6 Å². The van der Waals surface area contributed by atoms with Crippen LogP contribution in [0.15, 0.2) is 24.3 Å². The van der Waals surface area contributed by atoms with Gasteiger partial charge in [-0.05, 0) is 12.1 Å². The summed E-state index contributed by atoms with van der Waals surface area (Å²) >= 11 is 0. The Labute approximate surface area is 84.8 Å². The third-order valence-electron chi connectivity index (χ3n) is 1.65. The summed E-state index contributed by atoms with van der Waals surface area (Å²) in [6, 6.07) is 5.60. The molecule has 1 rings (SSSR count). The fourth-order valence-corrected chi connectivity index (χ4v) is 0.929. The zero-order valence-electron chi connectivity index (χ0n) is 7.54. The van der Waals surface area contributed by atoms with Gasteiger partial charge in [-0.2, -0.15) is 0 Å². The molecule has 0 radical (unpaired) electrons. The monoisotopic (exact) mass is 211 g/mol. The van der Waals surface area contributed by atoms with E-state index in [1.807, 2.05) is 0 Å². The second-order valence-corrected chi connectivity index (χ2v) is 2.73. The maximum Gasteiger partial charge on any atom is 0.353 e. The molecule has 1 aromatic rings. The fourth-order valence-electron chi connectivity index (χ4n) is 0.929. The number of nitrogens with one attached hydrogen (secondary N) is 1. The van der Waals surface area contributed by atoms with Crippen LogP contribution in [-0.4, -0.2) is 33.4 Å². The van der Waals surface area contributed by atoms with E-state index in [1.165, 1.54) is 24.3 Å². The van der Waals surface area contributed by atoms with Crippen molar-refractivity contribution in [1.82, 2.24) is 5.32 Å². The third kappa shape index (κ3) is 2.68. The van der Waals surface area contributed by atoms with Crippen molar-refractivity contribution in [3.63, 3.8) is 0 Å². The molecule has 1 amide bonds. The number of carboxylic acid groups (broad SMARTS) is 1. The number of carboxylic acids is 1. The molecule has 0 bridgehead atoms. The molecule has 1 aromatic carbocycles. The van der Waals surface area contributed by atoms with Gasteiger partial charge >= 0.3 is 5.97 Å². The number of phenols is 1. The van der Waals surface area contributed by atoms with Crippen LogP contribution in [0.1, 0.15) is 10.4 Å². The first-order valence-electron chi connectivity index (χ1n) is 4.02.